The molecule has 0 aliphatic rings. The number of nitro benzene ring substituents is 1. The average molecular weight is 347 g/mol. The van der Waals surface area contributed by atoms with Gasteiger partial charge in [-0.15, -0.1) is 0 Å². The smallest absolute Gasteiger partial charge is 0.293 e. The van der Waals surface area contributed by atoms with Crippen molar-refractivity contribution in [1.29, 1.82) is 0 Å². The molecule has 1 atom stereocenters. The van der Waals surface area contributed by atoms with Crippen LogP contribution in [0.2, 0.25) is 5.02 Å². The minimum Gasteiger partial charge on any atom is -0.467 e. The van der Waals surface area contributed by atoms with Crippen LogP contribution in [0, 0.1) is 10.1 Å². The van der Waals surface area contributed by atoms with Crippen molar-refractivity contribution >= 4 is 34.9 Å². The van der Waals surface area contributed by atoms with Crippen molar-refractivity contribution in [1.82, 2.24) is 4.98 Å². The fourth-order valence-electron chi connectivity index (χ4n) is 2.61. The van der Waals surface area contributed by atoms with Gasteiger partial charge < -0.3 is 9.15 Å². The number of carbonyl (C=O) groups excluding carboxylic acids is 1. The first-order chi connectivity index (χ1) is 11.6. The largest absolute Gasteiger partial charge is 0.467 e. The van der Waals surface area contributed by atoms with Gasteiger partial charge in [0.25, 0.3) is 12.2 Å². The van der Waals surface area contributed by atoms with Crippen LogP contribution in [0.1, 0.15) is 17.0 Å². The number of rotatable bonds is 6. The molecule has 0 saturated heterocycles. The minimum absolute atomic E-state index is 0.0834. The Kier molecular flexibility index (Phi) is 4.43. The predicted molar refractivity (Wildman–Crippen MR) is 86.0 cm³/mol. The Hall–Kier alpha value is -2.93. The van der Waals surface area contributed by atoms with E-state index in [9.17, 15) is 14.9 Å². The Labute approximate surface area is 141 Å². The molecule has 2 aromatic carbocycles. The highest BCUT2D eigenvalue weighted by molar-refractivity contribution is 6.36. The second-order valence-corrected chi connectivity index (χ2v) is 5.35. The summed E-state index contributed by atoms with van der Waals surface area (Å²) in [5, 5.41) is 11.6. The summed E-state index contributed by atoms with van der Waals surface area (Å²) in [6.45, 7) is 0.205. The first-order valence-electron chi connectivity index (χ1n) is 6.93. The molecule has 0 radical (unpaired) electrons. The van der Waals surface area contributed by atoms with Gasteiger partial charge in [-0.3, -0.25) is 14.9 Å². The first kappa shape index (κ1) is 15.9. The van der Waals surface area contributed by atoms with Gasteiger partial charge in [-0.05, 0) is 5.56 Å². The number of aromatic nitrogens is 1. The van der Waals surface area contributed by atoms with Crippen LogP contribution >= 0.6 is 11.6 Å². The summed E-state index contributed by atoms with van der Waals surface area (Å²) in [6.07, 6.45) is 1.17. The maximum Gasteiger partial charge on any atom is 0.293 e. The number of carbonyl (C=O) groups is 1. The fourth-order valence-corrected chi connectivity index (χ4v) is 2.98. The summed E-state index contributed by atoms with van der Waals surface area (Å²) in [5.74, 6) is -0.612. The van der Waals surface area contributed by atoms with Gasteiger partial charge in [-0.25, -0.2) is 4.98 Å². The number of hydrogen-bond donors (Lipinski definition) is 0. The van der Waals surface area contributed by atoms with E-state index >= 15 is 0 Å². The molecule has 1 heterocycles. The molecule has 1 unspecified atom stereocenters. The zero-order valence-corrected chi connectivity index (χ0v) is 13.0. The van der Waals surface area contributed by atoms with Crippen LogP contribution in [0.25, 0.3) is 11.1 Å². The Morgan fingerprint density at radius 3 is 2.79 bits per heavy atom. The molecule has 0 N–H and O–H groups in total. The molecule has 122 valence electrons. The van der Waals surface area contributed by atoms with Crippen LogP contribution in [0.5, 0.6) is 0 Å². The van der Waals surface area contributed by atoms with Gasteiger partial charge in [0, 0.05) is 6.07 Å². The van der Waals surface area contributed by atoms with Crippen LogP contribution in [-0.2, 0) is 9.53 Å². The molecule has 7 nitrogen and oxygen atoms in total. The van der Waals surface area contributed by atoms with Crippen LogP contribution in [0.4, 0.5) is 5.69 Å². The third kappa shape index (κ3) is 2.81. The highest BCUT2D eigenvalue weighted by Crippen LogP contribution is 2.41. The third-order valence-electron chi connectivity index (χ3n) is 3.66. The molecular weight excluding hydrogens is 336 g/mol. The highest BCUT2D eigenvalue weighted by atomic mass is 35.5. The van der Waals surface area contributed by atoms with Crippen molar-refractivity contribution in [3.8, 4) is 0 Å². The molecule has 0 bridgehead atoms. The van der Waals surface area contributed by atoms with Crippen LogP contribution < -0.4 is 0 Å². The zero-order chi connectivity index (χ0) is 17.1. The summed E-state index contributed by atoms with van der Waals surface area (Å²) in [6, 6.07) is 10.3. The average Bonchev–Trinajstić information content (AvgIpc) is 3.06. The number of ether oxygens (including phenoxy) is 1. The maximum absolute atomic E-state index is 11.5. The van der Waals surface area contributed by atoms with Gasteiger partial charge in [0.15, 0.2) is 12.0 Å². The summed E-state index contributed by atoms with van der Waals surface area (Å²) in [5.41, 5.74) is 1.29. The normalized spacial score (nSPS) is 12.0. The van der Waals surface area contributed by atoms with Gasteiger partial charge in [0.2, 0.25) is 0 Å². The quantitative estimate of drug-likeness (QED) is 0.383. The van der Waals surface area contributed by atoms with Gasteiger partial charge in [-0.1, -0.05) is 41.9 Å². The highest BCUT2D eigenvalue weighted by Gasteiger charge is 2.30. The lowest BCUT2D eigenvalue weighted by atomic mass is 9.90. The molecule has 0 amide bonds. The van der Waals surface area contributed by atoms with Crippen molar-refractivity contribution in [3.63, 3.8) is 0 Å². The minimum atomic E-state index is -0.612. The topological polar surface area (TPSA) is 95.5 Å². The van der Waals surface area contributed by atoms with Crippen LogP contribution in [0.3, 0.4) is 0 Å². The van der Waals surface area contributed by atoms with Crippen molar-refractivity contribution in [3.05, 3.63) is 69.1 Å². The molecular formula is C16H11ClN2O5. The number of nitro groups is 1. The van der Waals surface area contributed by atoms with Crippen LogP contribution in [-0.4, -0.2) is 23.0 Å². The summed E-state index contributed by atoms with van der Waals surface area (Å²) in [4.78, 5) is 25.5. The number of nitrogens with zero attached hydrogens (tertiary/aromatic N) is 2. The molecule has 3 aromatic rings. The Morgan fingerprint density at radius 2 is 2.12 bits per heavy atom. The Balaban J connectivity index is 2.26. The van der Waals surface area contributed by atoms with E-state index in [0.717, 1.165) is 5.56 Å². The van der Waals surface area contributed by atoms with Gasteiger partial charge in [0.05, 0.1) is 21.4 Å². The van der Waals surface area contributed by atoms with E-state index in [-0.39, 0.29) is 28.5 Å². The first-order valence-corrected chi connectivity index (χ1v) is 7.31. The summed E-state index contributed by atoms with van der Waals surface area (Å²) in [7, 11) is 0. The third-order valence-corrected chi connectivity index (χ3v) is 4.03. The standard InChI is InChI=1S/C16H11ClN2O5/c17-15-14(11(7-23-9-20)10-4-2-1-3-5-10)13(19(21)22)6-12-16(15)24-8-18-12/h1-6,8-9,11H,7H2. The second-order valence-electron chi connectivity index (χ2n) is 4.97. The van der Waals surface area contributed by atoms with E-state index in [4.69, 9.17) is 20.8 Å². The van der Waals surface area contributed by atoms with Gasteiger partial charge >= 0.3 is 0 Å². The van der Waals surface area contributed by atoms with Crippen LogP contribution in [0.15, 0.2) is 47.2 Å². The summed E-state index contributed by atoms with van der Waals surface area (Å²) < 4.78 is 10.1. The predicted octanol–water partition coefficient (Wildman–Crippen LogP) is 3.69. The molecule has 1 aromatic heterocycles. The summed E-state index contributed by atoms with van der Waals surface area (Å²) >= 11 is 6.37. The molecule has 0 fully saturated rings. The van der Waals surface area contributed by atoms with Crippen molar-refractivity contribution in [2.75, 3.05) is 6.61 Å². The fraction of sp³-hybridized carbons (Fsp3) is 0.125. The lowest BCUT2D eigenvalue weighted by Gasteiger charge is -2.18. The number of fused-ring (bicyclic) bond motifs is 1. The molecule has 0 saturated carbocycles. The van der Waals surface area contributed by atoms with E-state index in [0.29, 0.717) is 12.0 Å². The van der Waals surface area contributed by atoms with E-state index < -0.39 is 10.8 Å². The zero-order valence-electron chi connectivity index (χ0n) is 12.2. The monoisotopic (exact) mass is 346 g/mol. The number of benzene rings is 2. The van der Waals surface area contributed by atoms with E-state index in [1.54, 1.807) is 24.3 Å². The number of halogens is 1. The lowest BCUT2D eigenvalue weighted by Crippen LogP contribution is -2.12. The van der Waals surface area contributed by atoms with E-state index in [1.165, 1.54) is 12.5 Å². The van der Waals surface area contributed by atoms with E-state index in [2.05, 4.69) is 4.98 Å². The number of hydrogen-bond acceptors (Lipinski definition) is 6. The lowest BCUT2D eigenvalue weighted by molar-refractivity contribution is -0.385. The maximum atomic E-state index is 11.5. The molecule has 8 heteroatoms. The SMILES string of the molecule is O=COCC(c1ccccc1)c1c([N+](=O)[O-])cc2ncoc2c1Cl. The Morgan fingerprint density at radius 1 is 1.38 bits per heavy atom. The van der Waals surface area contributed by atoms with Gasteiger partial charge in [0.1, 0.15) is 12.1 Å². The molecule has 24 heavy (non-hydrogen) atoms. The molecule has 0 aliphatic heterocycles. The van der Waals surface area contributed by atoms with E-state index in [1.807, 2.05) is 6.07 Å². The van der Waals surface area contributed by atoms with Gasteiger partial charge in [-0.2, -0.15) is 0 Å². The molecule has 0 aliphatic carbocycles. The van der Waals surface area contributed by atoms with Crippen molar-refractivity contribution < 1.29 is 18.9 Å². The number of oxazole rings is 1. The second kappa shape index (κ2) is 6.67. The van der Waals surface area contributed by atoms with Crippen molar-refractivity contribution in [2.45, 2.75) is 5.92 Å². The van der Waals surface area contributed by atoms with Crippen molar-refractivity contribution in [2.24, 2.45) is 0 Å². The molecule has 0 spiro atoms. The molecule has 3 rings (SSSR count). The Bertz CT molecular complexity index is 894.